The van der Waals surface area contributed by atoms with Crippen LogP contribution in [-0.2, 0) is 18.3 Å². The summed E-state index contributed by atoms with van der Waals surface area (Å²) in [5, 5.41) is 6.88. The van der Waals surface area contributed by atoms with Crippen molar-refractivity contribution in [1.29, 1.82) is 0 Å². The van der Waals surface area contributed by atoms with Gasteiger partial charge in [-0.3, -0.25) is 9.25 Å². The molecule has 0 amide bonds. The fourth-order valence-corrected chi connectivity index (χ4v) is 4.82. The number of aromatic nitrogens is 6. The lowest BCUT2D eigenvalue weighted by atomic mass is 10.1. The van der Waals surface area contributed by atoms with E-state index in [-0.39, 0.29) is 11.8 Å². The highest BCUT2D eigenvalue weighted by atomic mass is 32.1. The second kappa shape index (κ2) is 7.64. The summed E-state index contributed by atoms with van der Waals surface area (Å²) in [5.74, 6) is 0. The molecule has 0 bridgehead atoms. The van der Waals surface area contributed by atoms with Crippen molar-refractivity contribution in [2.24, 2.45) is 7.05 Å². The zero-order chi connectivity index (χ0) is 21.7. The number of hydrogen-bond donors (Lipinski definition) is 0. The molecule has 0 saturated carbocycles. The van der Waals surface area contributed by atoms with Gasteiger partial charge in [-0.15, -0.1) is 11.3 Å². The van der Waals surface area contributed by atoms with Gasteiger partial charge in [-0.1, -0.05) is 0 Å². The maximum absolute atomic E-state index is 13.2. The topological polar surface area (TPSA) is 101 Å². The minimum atomic E-state index is -0.326. The molecule has 162 valence electrons. The molecular weight excluding hydrogens is 428 g/mol. The molecule has 0 spiro atoms. The molecule has 10 heteroatoms. The van der Waals surface area contributed by atoms with Crippen LogP contribution in [0, 0.1) is 0 Å². The first-order valence-electron chi connectivity index (χ1n) is 10.5. The standard InChI is InChI=1S/C22H20N6O3S/c1-27-10-14(9-25-27)13-7-16-19-20(31-21(16)23-8-13)18(17-11-32-12-24-17)26-22(29)28(19)5-4-15-3-2-6-30-15/h7-12,15H,2-6H2,1H3. The monoisotopic (exact) mass is 448 g/mol. The Balaban J connectivity index is 1.58. The maximum atomic E-state index is 13.2. The molecule has 32 heavy (non-hydrogen) atoms. The maximum Gasteiger partial charge on any atom is 0.348 e. The molecule has 1 saturated heterocycles. The van der Waals surface area contributed by atoms with Crippen molar-refractivity contribution < 1.29 is 9.15 Å². The van der Waals surface area contributed by atoms with Crippen LogP contribution in [0.3, 0.4) is 0 Å². The predicted octanol–water partition coefficient (Wildman–Crippen LogP) is 3.63. The van der Waals surface area contributed by atoms with E-state index in [1.54, 1.807) is 27.2 Å². The third kappa shape index (κ3) is 3.23. The van der Waals surface area contributed by atoms with Crippen LogP contribution in [0.2, 0.25) is 0 Å². The molecule has 1 aliphatic rings. The van der Waals surface area contributed by atoms with Gasteiger partial charge in [-0.25, -0.2) is 14.8 Å². The Bertz CT molecular complexity index is 1480. The van der Waals surface area contributed by atoms with Crippen LogP contribution in [0.15, 0.2) is 44.8 Å². The predicted molar refractivity (Wildman–Crippen MR) is 120 cm³/mol. The molecular formula is C22H20N6O3S. The first kappa shape index (κ1) is 19.3. The zero-order valence-corrected chi connectivity index (χ0v) is 18.2. The molecule has 1 unspecified atom stereocenters. The van der Waals surface area contributed by atoms with Crippen molar-refractivity contribution in [3.8, 4) is 22.5 Å². The fraction of sp³-hybridized carbons (Fsp3) is 0.318. The first-order valence-corrected chi connectivity index (χ1v) is 11.4. The lowest BCUT2D eigenvalue weighted by Crippen LogP contribution is -2.25. The van der Waals surface area contributed by atoms with Crippen LogP contribution in [0.4, 0.5) is 0 Å². The molecule has 6 heterocycles. The van der Waals surface area contributed by atoms with E-state index < -0.39 is 0 Å². The Kier molecular flexibility index (Phi) is 4.62. The Morgan fingerprint density at radius 2 is 2.19 bits per heavy atom. The Morgan fingerprint density at radius 3 is 2.94 bits per heavy atom. The van der Waals surface area contributed by atoms with Crippen molar-refractivity contribution in [3.05, 3.63) is 46.0 Å². The van der Waals surface area contributed by atoms with Crippen LogP contribution < -0.4 is 5.69 Å². The van der Waals surface area contributed by atoms with Crippen LogP contribution in [0.5, 0.6) is 0 Å². The van der Waals surface area contributed by atoms with Gasteiger partial charge in [0.15, 0.2) is 5.58 Å². The number of nitrogens with zero attached hydrogens (tertiary/aromatic N) is 6. The second-order valence-corrected chi connectivity index (χ2v) is 8.67. The Morgan fingerprint density at radius 1 is 1.25 bits per heavy atom. The van der Waals surface area contributed by atoms with Crippen LogP contribution in [0.25, 0.3) is 44.7 Å². The molecule has 1 aliphatic heterocycles. The van der Waals surface area contributed by atoms with Crippen molar-refractivity contribution in [2.45, 2.75) is 31.9 Å². The summed E-state index contributed by atoms with van der Waals surface area (Å²) in [6.45, 7) is 1.28. The van der Waals surface area contributed by atoms with Gasteiger partial charge in [0, 0.05) is 49.1 Å². The van der Waals surface area contributed by atoms with Crippen molar-refractivity contribution >= 4 is 33.5 Å². The number of hydrogen-bond acceptors (Lipinski definition) is 8. The quantitative estimate of drug-likeness (QED) is 0.405. The summed E-state index contributed by atoms with van der Waals surface area (Å²) >= 11 is 1.45. The number of ether oxygens (including phenoxy) is 1. The van der Waals surface area contributed by atoms with Crippen LogP contribution >= 0.6 is 11.3 Å². The van der Waals surface area contributed by atoms with Crippen molar-refractivity contribution in [3.63, 3.8) is 0 Å². The van der Waals surface area contributed by atoms with Gasteiger partial charge in [0.25, 0.3) is 0 Å². The van der Waals surface area contributed by atoms with Crippen LogP contribution in [-0.4, -0.2) is 42.0 Å². The fourth-order valence-electron chi connectivity index (χ4n) is 4.29. The number of furan rings is 1. The third-order valence-corrected chi connectivity index (χ3v) is 6.44. The Hall–Kier alpha value is -3.37. The number of fused-ring (bicyclic) bond motifs is 3. The van der Waals surface area contributed by atoms with Gasteiger partial charge in [-0.2, -0.15) is 10.1 Å². The van der Waals surface area contributed by atoms with E-state index in [9.17, 15) is 4.79 Å². The van der Waals surface area contributed by atoms with E-state index in [0.29, 0.717) is 34.7 Å². The van der Waals surface area contributed by atoms with Crippen molar-refractivity contribution in [2.75, 3.05) is 6.61 Å². The zero-order valence-electron chi connectivity index (χ0n) is 17.4. The molecule has 6 rings (SSSR count). The van der Waals surface area contributed by atoms with Gasteiger partial charge < -0.3 is 9.15 Å². The molecule has 5 aromatic heterocycles. The Labute approximate surface area is 186 Å². The minimum Gasteiger partial charge on any atom is -0.434 e. The average Bonchev–Trinajstić information content (AvgIpc) is 3.59. The summed E-state index contributed by atoms with van der Waals surface area (Å²) in [6.07, 6.45) is 8.46. The average molecular weight is 449 g/mol. The molecule has 0 N–H and O–H groups in total. The summed E-state index contributed by atoms with van der Waals surface area (Å²) in [5.41, 5.74) is 5.98. The molecule has 0 radical (unpaired) electrons. The summed E-state index contributed by atoms with van der Waals surface area (Å²) in [6, 6.07) is 2.00. The largest absolute Gasteiger partial charge is 0.434 e. The van der Waals surface area contributed by atoms with Gasteiger partial charge >= 0.3 is 5.69 Å². The van der Waals surface area contributed by atoms with E-state index in [2.05, 4.69) is 20.1 Å². The smallest absolute Gasteiger partial charge is 0.348 e. The van der Waals surface area contributed by atoms with E-state index in [4.69, 9.17) is 9.15 Å². The molecule has 5 aromatic rings. The molecule has 9 nitrogen and oxygen atoms in total. The van der Waals surface area contributed by atoms with Gasteiger partial charge in [0.2, 0.25) is 5.71 Å². The second-order valence-electron chi connectivity index (χ2n) is 7.95. The lowest BCUT2D eigenvalue weighted by molar-refractivity contribution is 0.100. The highest BCUT2D eigenvalue weighted by molar-refractivity contribution is 7.07. The summed E-state index contributed by atoms with van der Waals surface area (Å²) in [7, 11) is 1.87. The third-order valence-electron chi connectivity index (χ3n) is 5.86. The summed E-state index contributed by atoms with van der Waals surface area (Å²) < 4.78 is 15.4. The van der Waals surface area contributed by atoms with Gasteiger partial charge in [0.1, 0.15) is 16.9 Å². The highest BCUT2D eigenvalue weighted by Gasteiger charge is 2.23. The molecule has 1 atom stereocenters. The first-order chi connectivity index (χ1) is 15.7. The van der Waals surface area contributed by atoms with E-state index in [1.807, 2.05) is 24.7 Å². The normalized spacial score (nSPS) is 16.5. The van der Waals surface area contributed by atoms with Crippen LogP contribution in [0.1, 0.15) is 19.3 Å². The number of thiazole rings is 1. The summed E-state index contributed by atoms with van der Waals surface area (Å²) in [4.78, 5) is 26.4. The van der Waals surface area contributed by atoms with E-state index >= 15 is 0 Å². The number of pyridine rings is 1. The number of rotatable bonds is 5. The molecule has 1 fully saturated rings. The number of aryl methyl sites for hydroxylation is 2. The highest BCUT2D eigenvalue weighted by Crippen LogP contribution is 2.34. The van der Waals surface area contributed by atoms with E-state index in [0.717, 1.165) is 42.4 Å². The van der Waals surface area contributed by atoms with Crippen molar-refractivity contribution in [1.82, 2.24) is 29.3 Å². The lowest BCUT2D eigenvalue weighted by Gasteiger charge is -2.12. The molecule has 0 aliphatic carbocycles. The van der Waals surface area contributed by atoms with Gasteiger partial charge in [-0.05, 0) is 25.3 Å². The molecule has 0 aromatic carbocycles. The SMILES string of the molecule is Cn1cc(-c2cnc3oc4c(-c5cscn5)nc(=O)n(CCC5CCCO5)c4c3c2)cn1. The van der Waals surface area contributed by atoms with Gasteiger partial charge in [0.05, 0.1) is 23.2 Å². The van der Waals surface area contributed by atoms with E-state index in [1.165, 1.54) is 11.3 Å². The minimum absolute atomic E-state index is 0.164.